The molecule has 2 aromatic rings. The second-order valence-corrected chi connectivity index (χ2v) is 7.14. The van der Waals surface area contributed by atoms with Crippen molar-refractivity contribution >= 4 is 5.69 Å². The van der Waals surface area contributed by atoms with Crippen LogP contribution < -0.4 is 4.90 Å². The molecule has 5 heteroatoms. The zero-order valence-corrected chi connectivity index (χ0v) is 14.3. The monoisotopic (exact) mass is 330 g/mol. The van der Waals surface area contributed by atoms with Crippen molar-refractivity contribution in [3.05, 3.63) is 58.7 Å². The number of halogens is 1. The number of likely N-dealkylation sites (N-methyl/N-ethyl adjacent to an activating group) is 1. The Kier molecular flexibility index (Phi) is 4.32. The van der Waals surface area contributed by atoms with Gasteiger partial charge in [-0.25, -0.2) is 4.39 Å². The van der Waals surface area contributed by atoms with Gasteiger partial charge in [-0.1, -0.05) is 26.0 Å². The van der Waals surface area contributed by atoms with Crippen LogP contribution in [0.25, 0.3) is 0 Å². The molecule has 0 spiro atoms. The van der Waals surface area contributed by atoms with E-state index in [2.05, 4.69) is 18.7 Å². The molecule has 1 atom stereocenters. The van der Waals surface area contributed by atoms with E-state index in [0.717, 1.165) is 29.1 Å². The fourth-order valence-corrected chi connectivity index (χ4v) is 3.44. The maximum absolute atomic E-state index is 13.1. The molecule has 1 aromatic heterocycles. The van der Waals surface area contributed by atoms with Crippen molar-refractivity contribution in [1.29, 1.82) is 0 Å². The summed E-state index contributed by atoms with van der Waals surface area (Å²) >= 11 is 0. The largest absolute Gasteiger partial charge is 0.393 e. The number of aliphatic hydroxyl groups is 2. The number of fused-ring (bicyclic) bond motifs is 1. The van der Waals surface area contributed by atoms with Gasteiger partial charge in [-0.3, -0.25) is 4.98 Å². The number of aromatic nitrogens is 1. The van der Waals surface area contributed by atoms with Crippen molar-refractivity contribution in [2.75, 3.05) is 25.1 Å². The first kappa shape index (κ1) is 16.9. The Labute approximate surface area is 141 Å². The molecule has 0 saturated carbocycles. The molecule has 0 bridgehead atoms. The third-order valence-electron chi connectivity index (χ3n) is 4.60. The molecule has 0 radical (unpaired) electrons. The zero-order chi connectivity index (χ0) is 17.5. The topological polar surface area (TPSA) is 56.6 Å². The number of aliphatic hydroxyl groups excluding tert-OH is 2. The molecule has 1 unspecified atom stereocenters. The third kappa shape index (κ3) is 3.01. The molecule has 1 aromatic carbocycles. The molecule has 0 fully saturated rings. The number of anilines is 1. The highest BCUT2D eigenvalue weighted by Gasteiger charge is 2.36. The standard InChI is InChI=1S/C19H23FN2O2/c1-19(2)11-22(3)15-9-13(8-12-4-6-14(20)7-5-12)17(16(24)10-23)21-18(15)19/h4-7,9,16,23-24H,8,10-11H2,1-3H3. The highest BCUT2D eigenvalue weighted by Crippen LogP contribution is 2.40. The molecule has 0 amide bonds. The molecule has 1 aliphatic rings. The molecular formula is C19H23FN2O2. The van der Waals surface area contributed by atoms with Crippen molar-refractivity contribution in [3.8, 4) is 0 Å². The summed E-state index contributed by atoms with van der Waals surface area (Å²) in [6.45, 7) is 4.72. The number of hydrogen-bond acceptors (Lipinski definition) is 4. The normalized spacial score (nSPS) is 17.0. The van der Waals surface area contributed by atoms with E-state index < -0.39 is 6.10 Å². The van der Waals surface area contributed by atoms with E-state index in [-0.39, 0.29) is 17.8 Å². The number of nitrogens with zero attached hydrogens (tertiary/aromatic N) is 2. The quantitative estimate of drug-likeness (QED) is 0.905. The Balaban J connectivity index is 2.07. The molecule has 2 heterocycles. The summed E-state index contributed by atoms with van der Waals surface area (Å²) in [6.07, 6.45) is -0.492. The van der Waals surface area contributed by atoms with Gasteiger partial charge >= 0.3 is 0 Å². The van der Waals surface area contributed by atoms with E-state index in [1.54, 1.807) is 12.1 Å². The summed E-state index contributed by atoms with van der Waals surface area (Å²) in [4.78, 5) is 6.87. The predicted octanol–water partition coefficient (Wildman–Crippen LogP) is 2.56. The average Bonchev–Trinajstić information content (AvgIpc) is 2.77. The van der Waals surface area contributed by atoms with Crippen LogP contribution in [0.1, 0.15) is 42.5 Å². The Morgan fingerprint density at radius 1 is 1.29 bits per heavy atom. The van der Waals surface area contributed by atoms with Crippen LogP contribution in [0, 0.1) is 5.82 Å². The first-order valence-electron chi connectivity index (χ1n) is 8.10. The maximum atomic E-state index is 13.1. The van der Waals surface area contributed by atoms with Crippen LogP contribution in [0.15, 0.2) is 30.3 Å². The van der Waals surface area contributed by atoms with Crippen molar-refractivity contribution < 1.29 is 14.6 Å². The van der Waals surface area contributed by atoms with Gasteiger partial charge in [-0.15, -0.1) is 0 Å². The van der Waals surface area contributed by atoms with Crippen molar-refractivity contribution in [2.45, 2.75) is 31.8 Å². The number of pyridine rings is 1. The third-order valence-corrected chi connectivity index (χ3v) is 4.60. The van der Waals surface area contributed by atoms with Gasteiger partial charge in [0.2, 0.25) is 0 Å². The molecule has 128 valence electrons. The smallest absolute Gasteiger partial charge is 0.123 e. The summed E-state index contributed by atoms with van der Waals surface area (Å²) in [6, 6.07) is 8.34. The van der Waals surface area contributed by atoms with Crippen LogP contribution in [-0.2, 0) is 11.8 Å². The minimum Gasteiger partial charge on any atom is -0.393 e. The molecule has 4 nitrogen and oxygen atoms in total. The number of benzene rings is 1. The average molecular weight is 330 g/mol. The number of rotatable bonds is 4. The van der Waals surface area contributed by atoms with Crippen LogP contribution in [0.2, 0.25) is 0 Å². The van der Waals surface area contributed by atoms with Crippen molar-refractivity contribution in [2.24, 2.45) is 0 Å². The van der Waals surface area contributed by atoms with Gasteiger partial charge in [0, 0.05) is 19.0 Å². The van der Waals surface area contributed by atoms with E-state index in [0.29, 0.717) is 12.1 Å². The Bertz CT molecular complexity index is 744. The molecule has 3 rings (SSSR count). The lowest BCUT2D eigenvalue weighted by molar-refractivity contribution is 0.0913. The van der Waals surface area contributed by atoms with Gasteiger partial charge in [-0.2, -0.15) is 0 Å². The lowest BCUT2D eigenvalue weighted by Gasteiger charge is -2.20. The summed E-state index contributed by atoms with van der Waals surface area (Å²) in [5, 5.41) is 19.6. The van der Waals surface area contributed by atoms with Crippen LogP contribution in [0.4, 0.5) is 10.1 Å². The molecular weight excluding hydrogens is 307 g/mol. The van der Waals surface area contributed by atoms with Gasteiger partial charge in [0.1, 0.15) is 11.9 Å². The first-order valence-corrected chi connectivity index (χ1v) is 8.10. The summed E-state index contributed by atoms with van der Waals surface area (Å²) in [5.74, 6) is -0.275. The lowest BCUT2D eigenvalue weighted by atomic mass is 9.90. The van der Waals surface area contributed by atoms with E-state index in [1.165, 1.54) is 12.1 Å². The van der Waals surface area contributed by atoms with Gasteiger partial charge in [0.25, 0.3) is 0 Å². The second-order valence-electron chi connectivity index (χ2n) is 7.14. The molecule has 24 heavy (non-hydrogen) atoms. The maximum Gasteiger partial charge on any atom is 0.123 e. The van der Waals surface area contributed by atoms with Gasteiger partial charge < -0.3 is 15.1 Å². The Morgan fingerprint density at radius 2 is 1.96 bits per heavy atom. The minimum atomic E-state index is -1.02. The predicted molar refractivity (Wildman–Crippen MR) is 91.8 cm³/mol. The molecule has 1 aliphatic heterocycles. The zero-order valence-electron chi connectivity index (χ0n) is 14.3. The van der Waals surface area contributed by atoms with E-state index in [9.17, 15) is 14.6 Å². The van der Waals surface area contributed by atoms with Gasteiger partial charge in [-0.05, 0) is 35.7 Å². The fraction of sp³-hybridized carbons (Fsp3) is 0.421. The van der Waals surface area contributed by atoms with Crippen LogP contribution in [0.5, 0.6) is 0 Å². The summed E-state index contributed by atoms with van der Waals surface area (Å²) < 4.78 is 13.1. The highest BCUT2D eigenvalue weighted by molar-refractivity contribution is 5.61. The van der Waals surface area contributed by atoms with E-state index in [1.807, 2.05) is 13.1 Å². The first-order chi connectivity index (χ1) is 11.3. The Morgan fingerprint density at radius 3 is 2.58 bits per heavy atom. The highest BCUT2D eigenvalue weighted by atomic mass is 19.1. The summed E-state index contributed by atoms with van der Waals surface area (Å²) in [5.41, 5.74) is 4.17. The molecule has 2 N–H and O–H groups in total. The van der Waals surface area contributed by atoms with Crippen LogP contribution >= 0.6 is 0 Å². The number of hydrogen-bond donors (Lipinski definition) is 2. The van der Waals surface area contributed by atoms with Crippen LogP contribution in [0.3, 0.4) is 0 Å². The SMILES string of the molecule is CN1CC(C)(C)c2nc(C(O)CO)c(Cc3ccc(F)cc3)cc21. The Hall–Kier alpha value is -1.98. The minimum absolute atomic E-state index is 0.109. The van der Waals surface area contributed by atoms with Crippen molar-refractivity contribution in [3.63, 3.8) is 0 Å². The van der Waals surface area contributed by atoms with Gasteiger partial charge in [0.15, 0.2) is 0 Å². The van der Waals surface area contributed by atoms with E-state index in [4.69, 9.17) is 4.98 Å². The molecule has 0 aliphatic carbocycles. The second kappa shape index (κ2) is 6.15. The van der Waals surface area contributed by atoms with E-state index >= 15 is 0 Å². The summed E-state index contributed by atoms with van der Waals surface area (Å²) in [7, 11) is 2.03. The fourth-order valence-electron chi connectivity index (χ4n) is 3.44. The van der Waals surface area contributed by atoms with Gasteiger partial charge in [0.05, 0.1) is 23.7 Å². The van der Waals surface area contributed by atoms with Crippen LogP contribution in [-0.4, -0.2) is 35.4 Å². The molecule has 0 saturated heterocycles. The lowest BCUT2D eigenvalue weighted by Crippen LogP contribution is -2.25. The van der Waals surface area contributed by atoms with Crippen molar-refractivity contribution in [1.82, 2.24) is 4.98 Å².